The molecule has 0 saturated carbocycles. The van der Waals surface area contributed by atoms with Crippen LogP contribution in [0.5, 0.6) is 5.75 Å². The Labute approximate surface area is 654 Å². The van der Waals surface area contributed by atoms with Gasteiger partial charge in [-0.05, 0) is 135 Å². The van der Waals surface area contributed by atoms with Crippen molar-refractivity contribution in [3.8, 4) is 5.75 Å². The molecule has 0 bridgehead atoms. The van der Waals surface area contributed by atoms with Crippen molar-refractivity contribution in [2.75, 3.05) is 6.61 Å². The zero-order chi connectivity index (χ0) is 85.2. The van der Waals surface area contributed by atoms with Crippen LogP contribution in [0.2, 0.25) is 0 Å². The lowest BCUT2D eigenvalue weighted by Gasteiger charge is -2.32. The first kappa shape index (κ1) is 93.8. The lowest BCUT2D eigenvalue weighted by Crippen LogP contribution is -2.65. The smallest absolute Gasteiger partial charge is 0.303 e. The molecule has 0 spiro atoms. The molecule has 620 valence electrons. The molecular formula is C76H111N17O20. The first-order valence-electron chi connectivity index (χ1n) is 36.9. The van der Waals surface area contributed by atoms with E-state index in [1.165, 1.54) is 86.6 Å². The highest BCUT2D eigenvalue weighted by atomic mass is 16.4. The number of aliphatic carboxylic acids is 1. The third kappa shape index (κ3) is 30.2. The summed E-state index contributed by atoms with van der Waals surface area (Å²) in [6.45, 7) is 17.3. The summed E-state index contributed by atoms with van der Waals surface area (Å²) in [7, 11) is 0. The second kappa shape index (κ2) is 42.7. The maximum absolute atomic E-state index is 15.1. The number of aromatic amines is 1. The SMILES string of the molecule is CC(C)C[C@H](NC(=O)[C@H](CCC(N)=O)NC(=O)C(C)(C)NC(=O)[C@H](Cc1c[nH]c2ccccc12)NC(=O)[C@H](Cc1ccc(O)cc1)NC(=O)[C@H](CCC(=O)O)NC(=O)C(C)(C)NC(=O)[C@H](Cc1ccccc1)NC(=O)[C@@H](NC(=O)[C@@H](N)CC(C)C)[C@@H](C)O)C(=O)NC(C)(C)C(=O)N[C@@H](CO)C(=O)N[C@@H](C)C(=O)N[C@@H](C)C(N)=O. The number of aliphatic hydroxyl groups is 2. The van der Waals surface area contributed by atoms with Crippen LogP contribution < -0.4 is 86.3 Å². The number of carboxylic acid groups (broad SMARTS) is 1. The molecule has 0 saturated heterocycles. The van der Waals surface area contributed by atoms with E-state index < -0.39 is 222 Å². The van der Waals surface area contributed by atoms with E-state index in [1.807, 2.05) is 13.8 Å². The average molecular weight is 1580 g/mol. The van der Waals surface area contributed by atoms with Gasteiger partial charge in [0.05, 0.1) is 18.8 Å². The number of fused-ring (bicyclic) bond motifs is 1. The summed E-state index contributed by atoms with van der Waals surface area (Å²) in [6.07, 6.45) is -3.03. The minimum atomic E-state index is -2.04. The number of carbonyl (C=O) groups excluding carboxylic acids is 15. The van der Waals surface area contributed by atoms with E-state index in [0.717, 1.165) is 0 Å². The lowest BCUT2D eigenvalue weighted by molar-refractivity contribution is -0.139. The van der Waals surface area contributed by atoms with Crippen LogP contribution in [0.1, 0.15) is 145 Å². The summed E-state index contributed by atoms with van der Waals surface area (Å²) >= 11 is 0. The van der Waals surface area contributed by atoms with Gasteiger partial charge in [-0.25, -0.2) is 0 Å². The minimum Gasteiger partial charge on any atom is -0.508 e. The maximum Gasteiger partial charge on any atom is 0.303 e. The number of H-pyrrole nitrogens is 1. The second-order valence-electron chi connectivity index (χ2n) is 30.4. The number of phenolic OH excluding ortho intramolecular Hbond substituents is 1. The van der Waals surface area contributed by atoms with Crippen molar-refractivity contribution in [2.45, 2.75) is 237 Å². The van der Waals surface area contributed by atoms with Gasteiger partial charge in [-0.3, -0.25) is 76.7 Å². The molecule has 113 heavy (non-hydrogen) atoms. The highest BCUT2D eigenvalue weighted by Gasteiger charge is 2.42. The molecule has 4 rings (SSSR count). The van der Waals surface area contributed by atoms with Crippen molar-refractivity contribution in [3.63, 3.8) is 0 Å². The fraction of sp³-hybridized carbons (Fsp3) is 0.526. The zero-order valence-electron chi connectivity index (χ0n) is 65.8. The summed E-state index contributed by atoms with van der Waals surface area (Å²) in [5.41, 5.74) is 12.8. The predicted molar refractivity (Wildman–Crippen MR) is 411 cm³/mol. The fourth-order valence-electron chi connectivity index (χ4n) is 11.4. The van der Waals surface area contributed by atoms with Crippen molar-refractivity contribution in [2.24, 2.45) is 29.0 Å². The number of hydrogen-bond donors (Lipinski definition) is 21. The number of carboxylic acids is 1. The van der Waals surface area contributed by atoms with Gasteiger partial charge in [-0.2, -0.15) is 0 Å². The Bertz CT molecular complexity index is 4050. The minimum absolute atomic E-state index is 0.00450. The quantitative estimate of drug-likeness (QED) is 0.0208. The van der Waals surface area contributed by atoms with Crippen LogP contribution in [0.4, 0.5) is 0 Å². The van der Waals surface area contributed by atoms with Gasteiger partial charge in [0.1, 0.15) is 82.8 Å². The van der Waals surface area contributed by atoms with Crippen molar-refractivity contribution < 1.29 is 97.1 Å². The molecule has 0 radical (unpaired) electrons. The highest BCUT2D eigenvalue weighted by Crippen LogP contribution is 2.22. The predicted octanol–water partition coefficient (Wildman–Crippen LogP) is -3.12. The highest BCUT2D eigenvalue weighted by molar-refractivity contribution is 6.02. The Morgan fingerprint density at radius 3 is 1.33 bits per heavy atom. The normalized spacial score (nSPS) is 14.8. The van der Waals surface area contributed by atoms with Crippen LogP contribution in [0, 0.1) is 11.8 Å². The van der Waals surface area contributed by atoms with Gasteiger partial charge in [0.25, 0.3) is 0 Å². The lowest BCUT2D eigenvalue weighted by atomic mass is 9.97. The number of aliphatic hydroxyl groups excluding tert-OH is 2. The topological polar surface area (TPSA) is 604 Å². The van der Waals surface area contributed by atoms with Gasteiger partial charge in [-0.1, -0.05) is 88.4 Å². The van der Waals surface area contributed by atoms with E-state index in [9.17, 15) is 87.5 Å². The van der Waals surface area contributed by atoms with E-state index in [0.29, 0.717) is 27.6 Å². The van der Waals surface area contributed by atoms with E-state index in [4.69, 9.17) is 17.2 Å². The molecule has 37 nitrogen and oxygen atoms in total. The number of aromatic hydroxyl groups is 1. The Morgan fingerprint density at radius 2 is 0.850 bits per heavy atom. The Hall–Kier alpha value is -11.6. The number of nitrogens with one attached hydrogen (secondary N) is 14. The van der Waals surface area contributed by atoms with Crippen LogP contribution in [0.25, 0.3) is 10.9 Å². The largest absolute Gasteiger partial charge is 0.508 e. The number of nitrogens with two attached hydrogens (primary N) is 3. The van der Waals surface area contributed by atoms with Gasteiger partial charge in [-0.15, -0.1) is 0 Å². The van der Waals surface area contributed by atoms with Crippen molar-refractivity contribution in [3.05, 3.63) is 102 Å². The third-order valence-corrected chi connectivity index (χ3v) is 18.0. The van der Waals surface area contributed by atoms with Crippen LogP contribution >= 0.6 is 0 Å². The fourth-order valence-corrected chi connectivity index (χ4v) is 11.4. The van der Waals surface area contributed by atoms with E-state index in [2.05, 4.69) is 74.1 Å². The Morgan fingerprint density at radius 1 is 0.434 bits per heavy atom. The molecule has 15 amide bonds. The molecule has 0 aliphatic carbocycles. The molecule has 37 heteroatoms. The molecule has 1 heterocycles. The summed E-state index contributed by atoms with van der Waals surface area (Å²) < 4.78 is 0. The first-order valence-corrected chi connectivity index (χ1v) is 36.9. The monoisotopic (exact) mass is 1580 g/mol. The number of hydrogen-bond acceptors (Lipinski definition) is 20. The molecule has 12 atom stereocenters. The number of para-hydroxylation sites is 1. The number of phenols is 1. The van der Waals surface area contributed by atoms with Crippen LogP contribution in [0.3, 0.4) is 0 Å². The summed E-state index contributed by atoms with van der Waals surface area (Å²) in [5.74, 6) is -16.6. The van der Waals surface area contributed by atoms with Crippen LogP contribution in [-0.2, 0) is 96.0 Å². The molecule has 0 aliphatic heterocycles. The van der Waals surface area contributed by atoms with Gasteiger partial charge in [0.2, 0.25) is 88.6 Å². The first-order chi connectivity index (χ1) is 52.6. The van der Waals surface area contributed by atoms with Crippen molar-refractivity contribution >= 4 is 105 Å². The Balaban J connectivity index is 1.65. The number of aromatic nitrogens is 1. The number of benzene rings is 3. The van der Waals surface area contributed by atoms with Gasteiger partial charge >= 0.3 is 5.97 Å². The molecular weight excluding hydrogens is 1470 g/mol. The van der Waals surface area contributed by atoms with Crippen molar-refractivity contribution in [1.82, 2.24) is 74.1 Å². The Kier molecular flexibility index (Phi) is 35.4. The van der Waals surface area contributed by atoms with Gasteiger partial charge in [0, 0.05) is 49.2 Å². The van der Waals surface area contributed by atoms with Gasteiger partial charge < -0.3 is 112 Å². The van der Waals surface area contributed by atoms with Crippen LogP contribution in [0.15, 0.2) is 85.1 Å². The van der Waals surface area contributed by atoms with Gasteiger partial charge in [0.15, 0.2) is 0 Å². The molecule has 0 fully saturated rings. The van der Waals surface area contributed by atoms with E-state index in [-0.39, 0.29) is 43.3 Å². The number of carbonyl (C=O) groups is 16. The third-order valence-electron chi connectivity index (χ3n) is 18.0. The summed E-state index contributed by atoms with van der Waals surface area (Å²) in [6, 6.07) is 4.13. The molecule has 0 aliphatic rings. The zero-order valence-corrected chi connectivity index (χ0v) is 65.8. The average Bonchev–Trinajstić information content (AvgIpc) is 1.75. The summed E-state index contributed by atoms with van der Waals surface area (Å²) in [4.78, 5) is 223. The molecule has 1 aromatic heterocycles. The molecule has 4 aromatic rings. The number of rotatable bonds is 45. The molecule has 0 unspecified atom stereocenters. The van der Waals surface area contributed by atoms with E-state index in [1.54, 1.807) is 74.6 Å². The van der Waals surface area contributed by atoms with E-state index >= 15 is 9.59 Å². The van der Waals surface area contributed by atoms with Crippen molar-refractivity contribution in [1.29, 1.82) is 0 Å². The summed E-state index contributed by atoms with van der Waals surface area (Å²) in [5, 5.41) is 73.9. The molecule has 3 aromatic carbocycles. The molecule has 24 N–H and O–H groups in total. The van der Waals surface area contributed by atoms with Crippen LogP contribution in [-0.4, -0.2) is 216 Å². The number of amides is 15. The number of primary amides is 2. The second-order valence-corrected chi connectivity index (χ2v) is 30.4. The maximum atomic E-state index is 15.1. The standard InChI is InChI=1S/C76H111N17O20/c1-38(2)31-48(77)62(102)90-59(42(7)95)70(110)86-54(33-43-19-15-14-16-20-43)68(108)92-74(8,9)72(112)88-51(28-30-58(98)99)64(104)84-53(34-44-23-25-46(96)26-24-44)65(105)85-55(35-45-36-80-49-22-18-17-21-47(45)49)69(109)93-75(10,11)71(111)87-50(27-29-57(78)97)63(103)83-52(32-39(3)4)67(107)91-76(12,13)73(113)89-56(37-94)66(106)82-41(6)61(101)81-40(5)60(79)100/h14-26,36,38-42,48,50-56,59,80,94-96H,27-35,37,77H2,1-13H3,(H2,78,97)(H2,79,100)(H,81,101)(H,82,106)(H,83,103)(H,84,104)(H,85,105)(H,86,110)(H,87,111)(H,88,112)(H,89,113)(H,90,102)(H,91,107)(H,92,108)(H,93,109)(H,98,99)/t40-,41-,42+,48-,50-,51-,52-,53-,54-,55-,56-,59-/m0/s1.